The average molecular weight is 425 g/mol. The molecule has 2 aliphatic rings. The van der Waals surface area contributed by atoms with Crippen LogP contribution in [0, 0.1) is 0 Å². The quantitative estimate of drug-likeness (QED) is 0.558. The maximum atomic E-state index is 12.5. The summed E-state index contributed by atoms with van der Waals surface area (Å²) in [5.41, 5.74) is 0. The van der Waals surface area contributed by atoms with E-state index in [9.17, 15) is 19.5 Å². The lowest BCUT2D eigenvalue weighted by atomic mass is 10.0. The first-order valence-electron chi connectivity index (χ1n) is 8.78. The van der Waals surface area contributed by atoms with Crippen molar-refractivity contribution < 1.29 is 19.5 Å². The maximum absolute atomic E-state index is 12.5. The van der Waals surface area contributed by atoms with Crippen molar-refractivity contribution in [1.29, 1.82) is 0 Å². The number of hydrogen-bond acceptors (Lipinski definition) is 6. The zero-order valence-electron chi connectivity index (χ0n) is 14.6. The number of nitrogens with zero attached hydrogens (tertiary/aromatic N) is 2. The van der Waals surface area contributed by atoms with Crippen LogP contribution in [0.25, 0.3) is 6.08 Å². The molecule has 2 amide bonds. The van der Waals surface area contributed by atoms with Crippen molar-refractivity contribution in [2.45, 2.75) is 38.1 Å². The molecule has 0 spiro atoms. The van der Waals surface area contributed by atoms with Gasteiger partial charge in [0, 0.05) is 24.4 Å². The van der Waals surface area contributed by atoms with Gasteiger partial charge in [-0.2, -0.15) is 0 Å². The number of hydrogen-bond donors (Lipinski definition) is 1. The molecule has 0 radical (unpaired) electrons. The molecule has 1 aromatic rings. The number of amides is 2. The SMILES string of the molecule is O=C(O)C1CCCCN1C(=O)CCCN1C(=O)C(=Cc2cccs2)SC1=S. The summed E-state index contributed by atoms with van der Waals surface area (Å²) in [6, 6.07) is 3.14. The Hall–Kier alpha value is -1.71. The first kappa shape index (κ1) is 20.0. The molecule has 0 aliphatic carbocycles. The topological polar surface area (TPSA) is 77.9 Å². The smallest absolute Gasteiger partial charge is 0.326 e. The minimum atomic E-state index is -0.946. The van der Waals surface area contributed by atoms with Crippen molar-refractivity contribution in [1.82, 2.24) is 9.80 Å². The van der Waals surface area contributed by atoms with Crippen LogP contribution in [0.4, 0.5) is 0 Å². The van der Waals surface area contributed by atoms with Crippen LogP contribution in [0.5, 0.6) is 0 Å². The van der Waals surface area contributed by atoms with Gasteiger partial charge in [0.25, 0.3) is 5.91 Å². The molecule has 1 aromatic heterocycles. The van der Waals surface area contributed by atoms with E-state index in [2.05, 4.69) is 0 Å². The van der Waals surface area contributed by atoms with Gasteiger partial charge in [0.05, 0.1) is 4.91 Å². The summed E-state index contributed by atoms with van der Waals surface area (Å²) in [7, 11) is 0. The molecule has 1 N–H and O–H groups in total. The molecule has 0 bridgehead atoms. The fraction of sp³-hybridized carbons (Fsp3) is 0.444. The third kappa shape index (κ3) is 4.77. The van der Waals surface area contributed by atoms with Crippen molar-refractivity contribution in [3.05, 3.63) is 27.3 Å². The summed E-state index contributed by atoms with van der Waals surface area (Å²) in [6.45, 7) is 0.851. The Balaban J connectivity index is 1.54. The average Bonchev–Trinajstić information content (AvgIpc) is 3.25. The number of thiocarbonyl (C=S) groups is 1. The number of thioether (sulfide) groups is 1. The maximum Gasteiger partial charge on any atom is 0.326 e. The van der Waals surface area contributed by atoms with Gasteiger partial charge in [-0.3, -0.25) is 14.5 Å². The molecule has 0 aromatic carbocycles. The molecule has 3 rings (SSSR count). The lowest BCUT2D eigenvalue weighted by Gasteiger charge is -2.33. The minimum Gasteiger partial charge on any atom is -0.480 e. The molecule has 2 fully saturated rings. The van der Waals surface area contributed by atoms with Gasteiger partial charge >= 0.3 is 5.97 Å². The fourth-order valence-electron chi connectivity index (χ4n) is 3.21. The van der Waals surface area contributed by atoms with E-state index in [1.807, 2.05) is 23.6 Å². The molecular weight excluding hydrogens is 404 g/mol. The van der Waals surface area contributed by atoms with Crippen molar-refractivity contribution in [2.24, 2.45) is 0 Å². The lowest BCUT2D eigenvalue weighted by molar-refractivity contribution is -0.152. The van der Waals surface area contributed by atoms with Gasteiger partial charge in [-0.15, -0.1) is 11.3 Å². The van der Waals surface area contributed by atoms with E-state index in [1.54, 1.807) is 11.3 Å². The van der Waals surface area contributed by atoms with Gasteiger partial charge in [0.1, 0.15) is 10.4 Å². The number of carboxylic acid groups (broad SMARTS) is 1. The molecule has 0 saturated carbocycles. The Morgan fingerprint density at radius 1 is 1.37 bits per heavy atom. The Morgan fingerprint density at radius 3 is 2.89 bits per heavy atom. The van der Waals surface area contributed by atoms with Crippen molar-refractivity contribution >= 4 is 63.5 Å². The Morgan fingerprint density at radius 2 is 2.19 bits per heavy atom. The Bertz CT molecular complexity index is 776. The van der Waals surface area contributed by atoms with Crippen LogP contribution in [0.15, 0.2) is 22.4 Å². The Labute approximate surface area is 171 Å². The van der Waals surface area contributed by atoms with E-state index in [1.165, 1.54) is 21.6 Å². The highest BCUT2D eigenvalue weighted by Crippen LogP contribution is 2.33. The summed E-state index contributed by atoms with van der Waals surface area (Å²) in [4.78, 5) is 40.9. The minimum absolute atomic E-state index is 0.132. The molecule has 1 unspecified atom stereocenters. The van der Waals surface area contributed by atoms with Gasteiger partial charge in [-0.1, -0.05) is 30.0 Å². The Kier molecular flexibility index (Phi) is 6.67. The molecule has 1 atom stereocenters. The summed E-state index contributed by atoms with van der Waals surface area (Å²) in [6.07, 6.45) is 4.67. The van der Waals surface area contributed by atoms with Gasteiger partial charge in [0.2, 0.25) is 5.91 Å². The number of aliphatic carboxylic acids is 1. The normalized spacial score (nSPS) is 21.9. The highest BCUT2D eigenvalue weighted by atomic mass is 32.2. The van der Waals surface area contributed by atoms with Crippen molar-refractivity contribution in [3.63, 3.8) is 0 Å². The monoisotopic (exact) mass is 424 g/mol. The third-order valence-corrected chi connectivity index (χ3v) is 6.77. The molecule has 2 aliphatic heterocycles. The van der Waals surface area contributed by atoms with Gasteiger partial charge in [-0.05, 0) is 43.2 Å². The van der Waals surface area contributed by atoms with Crippen LogP contribution < -0.4 is 0 Å². The van der Waals surface area contributed by atoms with Crippen molar-refractivity contribution in [2.75, 3.05) is 13.1 Å². The lowest BCUT2D eigenvalue weighted by Crippen LogP contribution is -2.48. The van der Waals surface area contributed by atoms with Crippen LogP contribution in [0.3, 0.4) is 0 Å². The first-order valence-corrected chi connectivity index (χ1v) is 10.9. The predicted octanol–water partition coefficient (Wildman–Crippen LogP) is 3.20. The highest BCUT2D eigenvalue weighted by molar-refractivity contribution is 8.26. The van der Waals surface area contributed by atoms with Crippen molar-refractivity contribution in [3.8, 4) is 0 Å². The van der Waals surface area contributed by atoms with E-state index < -0.39 is 12.0 Å². The zero-order valence-corrected chi connectivity index (χ0v) is 17.1. The number of likely N-dealkylation sites (tertiary alicyclic amines) is 1. The van der Waals surface area contributed by atoms with Gasteiger partial charge in [0.15, 0.2) is 0 Å². The van der Waals surface area contributed by atoms with Gasteiger partial charge in [-0.25, -0.2) is 4.79 Å². The largest absolute Gasteiger partial charge is 0.480 e. The third-order valence-electron chi connectivity index (χ3n) is 4.57. The van der Waals surface area contributed by atoms with Crippen LogP contribution in [-0.4, -0.2) is 56.1 Å². The second-order valence-corrected chi connectivity index (χ2v) is 9.04. The molecular formula is C18H20N2O4S3. The number of carboxylic acids is 1. The summed E-state index contributed by atoms with van der Waals surface area (Å²) in [5.74, 6) is -1.24. The van der Waals surface area contributed by atoms with E-state index in [-0.39, 0.29) is 18.2 Å². The highest BCUT2D eigenvalue weighted by Gasteiger charge is 2.33. The van der Waals surface area contributed by atoms with Crippen LogP contribution in [0.1, 0.15) is 37.0 Å². The van der Waals surface area contributed by atoms with Gasteiger partial charge < -0.3 is 10.0 Å². The van der Waals surface area contributed by atoms with E-state index in [0.717, 1.165) is 17.7 Å². The number of piperidine rings is 1. The molecule has 9 heteroatoms. The van der Waals surface area contributed by atoms with Crippen LogP contribution >= 0.6 is 35.3 Å². The fourth-order valence-corrected chi connectivity index (χ4v) is 5.25. The number of rotatable bonds is 6. The van der Waals surface area contributed by atoms with E-state index in [4.69, 9.17) is 12.2 Å². The van der Waals surface area contributed by atoms with Crippen LogP contribution in [-0.2, 0) is 14.4 Å². The molecule has 2 saturated heterocycles. The molecule has 3 heterocycles. The number of carbonyl (C=O) groups is 3. The zero-order chi connectivity index (χ0) is 19.4. The van der Waals surface area contributed by atoms with E-state index in [0.29, 0.717) is 35.2 Å². The second-order valence-electron chi connectivity index (χ2n) is 6.39. The van der Waals surface area contributed by atoms with Crippen LogP contribution in [0.2, 0.25) is 0 Å². The summed E-state index contributed by atoms with van der Waals surface area (Å²) < 4.78 is 0.497. The standard InChI is InChI=1S/C18H20N2O4S3/c21-15(19-8-2-1-6-13(19)17(23)24)7-3-9-20-16(22)14(27-18(20)25)11-12-5-4-10-26-12/h4-5,10-11,13H,1-3,6-9H2,(H,23,24). The van der Waals surface area contributed by atoms with E-state index >= 15 is 0 Å². The second kappa shape index (κ2) is 8.99. The molecule has 27 heavy (non-hydrogen) atoms. The summed E-state index contributed by atoms with van der Waals surface area (Å²) >= 11 is 8.13. The first-order chi connectivity index (χ1) is 13.0. The number of carbonyl (C=O) groups excluding carboxylic acids is 2. The molecule has 144 valence electrons. The summed E-state index contributed by atoms with van der Waals surface area (Å²) in [5, 5.41) is 11.2. The predicted molar refractivity (Wildman–Crippen MR) is 110 cm³/mol. The molecule has 6 nitrogen and oxygen atoms in total. The number of thiophene rings is 1.